The highest BCUT2D eigenvalue weighted by Gasteiger charge is 2.18. The summed E-state index contributed by atoms with van der Waals surface area (Å²) in [5.74, 6) is 0. The molecule has 0 atom stereocenters. The maximum Gasteiger partial charge on any atom is 0.241 e. The van der Waals surface area contributed by atoms with Gasteiger partial charge in [0.1, 0.15) is 0 Å². The number of nitrogens with one attached hydrogen (secondary N) is 2. The van der Waals surface area contributed by atoms with Crippen LogP contribution >= 0.6 is 11.3 Å². The van der Waals surface area contributed by atoms with Crippen LogP contribution in [0.5, 0.6) is 0 Å². The molecule has 21 heavy (non-hydrogen) atoms. The second kappa shape index (κ2) is 7.69. The minimum atomic E-state index is -3.43. The minimum absolute atomic E-state index is 0.382. The molecule has 0 radical (unpaired) electrons. The Labute approximate surface area is 129 Å². The molecule has 0 aliphatic carbocycles. The van der Waals surface area contributed by atoms with Crippen LogP contribution in [0.4, 0.5) is 0 Å². The lowest BCUT2D eigenvalue weighted by Gasteiger charge is -2.08. The quantitative estimate of drug-likeness (QED) is 0.683. The summed E-state index contributed by atoms with van der Waals surface area (Å²) >= 11 is 1.46. The van der Waals surface area contributed by atoms with Gasteiger partial charge in [0.25, 0.3) is 0 Å². The third-order valence-electron chi connectivity index (χ3n) is 2.94. The van der Waals surface area contributed by atoms with Gasteiger partial charge in [0.15, 0.2) is 0 Å². The summed E-state index contributed by atoms with van der Waals surface area (Å²) in [5, 5.41) is 9.05. The molecule has 116 valence electrons. The topological polar surface area (TPSA) is 76.0 Å². The van der Waals surface area contributed by atoms with Gasteiger partial charge in [0, 0.05) is 36.9 Å². The predicted molar refractivity (Wildman–Crippen MR) is 83.7 cm³/mol. The summed E-state index contributed by atoms with van der Waals surface area (Å²) in [6, 6.07) is 3.51. The Morgan fingerprint density at radius 2 is 2.29 bits per heavy atom. The van der Waals surface area contributed by atoms with E-state index in [2.05, 4.69) is 15.1 Å². The molecule has 8 heteroatoms. The van der Waals surface area contributed by atoms with Crippen LogP contribution in [-0.4, -0.2) is 31.3 Å². The number of nitrogens with zero attached hydrogens (tertiary/aromatic N) is 2. The van der Waals surface area contributed by atoms with E-state index in [1.165, 1.54) is 11.3 Å². The molecule has 2 heterocycles. The van der Waals surface area contributed by atoms with Gasteiger partial charge in [0.2, 0.25) is 10.0 Å². The van der Waals surface area contributed by atoms with Crippen molar-refractivity contribution in [1.29, 1.82) is 0 Å². The lowest BCUT2D eigenvalue weighted by atomic mass is 10.4. The highest BCUT2D eigenvalue weighted by molar-refractivity contribution is 7.89. The van der Waals surface area contributed by atoms with Gasteiger partial charge < -0.3 is 5.32 Å². The molecule has 0 fully saturated rings. The predicted octanol–water partition coefficient (Wildman–Crippen LogP) is 1.42. The van der Waals surface area contributed by atoms with Gasteiger partial charge in [-0.15, -0.1) is 11.3 Å². The SMILES string of the molecule is CCNCc1sccc1S(=O)(=O)NCCCn1cccn1. The largest absolute Gasteiger partial charge is 0.312 e. The molecule has 2 aromatic rings. The van der Waals surface area contributed by atoms with E-state index in [0.717, 1.165) is 11.4 Å². The van der Waals surface area contributed by atoms with Crippen molar-refractivity contribution in [3.05, 3.63) is 34.8 Å². The van der Waals surface area contributed by atoms with E-state index in [-0.39, 0.29) is 0 Å². The van der Waals surface area contributed by atoms with Crippen LogP contribution in [-0.2, 0) is 23.1 Å². The molecule has 6 nitrogen and oxygen atoms in total. The molecule has 0 spiro atoms. The second-order valence-electron chi connectivity index (χ2n) is 4.51. The molecule has 2 N–H and O–H groups in total. The maximum absolute atomic E-state index is 12.3. The van der Waals surface area contributed by atoms with Gasteiger partial charge in [-0.3, -0.25) is 4.68 Å². The van der Waals surface area contributed by atoms with E-state index in [4.69, 9.17) is 0 Å². The molecular formula is C13H20N4O2S2. The van der Waals surface area contributed by atoms with E-state index in [1.807, 2.05) is 24.6 Å². The van der Waals surface area contributed by atoms with Crippen LogP contribution < -0.4 is 10.0 Å². The van der Waals surface area contributed by atoms with Crippen molar-refractivity contribution in [3.8, 4) is 0 Å². The Hall–Kier alpha value is -1.22. The first-order chi connectivity index (χ1) is 10.1. The first-order valence-electron chi connectivity index (χ1n) is 6.87. The number of aryl methyl sites for hydroxylation is 1. The van der Waals surface area contributed by atoms with Gasteiger partial charge in [-0.05, 0) is 30.5 Å². The standard InChI is InChI=1S/C13H20N4O2S2/c1-2-14-11-12-13(5-10-20-12)21(18,19)16-7-4-9-17-8-3-6-15-17/h3,5-6,8,10,14,16H,2,4,7,9,11H2,1H3. The third-order valence-corrected chi connectivity index (χ3v) is 5.54. The average molecular weight is 328 g/mol. The Kier molecular flexibility index (Phi) is 5.92. The Bertz CT molecular complexity index is 635. The number of rotatable bonds is 9. The normalized spacial score (nSPS) is 11.9. The van der Waals surface area contributed by atoms with E-state index >= 15 is 0 Å². The molecule has 0 aliphatic heterocycles. The molecule has 0 saturated carbocycles. The smallest absolute Gasteiger partial charge is 0.241 e. The number of aromatic nitrogens is 2. The van der Waals surface area contributed by atoms with Crippen molar-refractivity contribution in [2.24, 2.45) is 0 Å². The van der Waals surface area contributed by atoms with Crippen LogP contribution in [0.2, 0.25) is 0 Å². The minimum Gasteiger partial charge on any atom is -0.312 e. The Balaban J connectivity index is 1.87. The maximum atomic E-state index is 12.3. The molecule has 0 amide bonds. The lowest BCUT2D eigenvalue weighted by molar-refractivity contribution is 0.552. The molecular weight excluding hydrogens is 308 g/mol. The summed E-state index contributed by atoms with van der Waals surface area (Å²) in [4.78, 5) is 1.23. The van der Waals surface area contributed by atoms with E-state index in [0.29, 0.717) is 31.0 Å². The van der Waals surface area contributed by atoms with Crippen LogP contribution in [0.1, 0.15) is 18.2 Å². The van der Waals surface area contributed by atoms with Crippen LogP contribution in [0.15, 0.2) is 34.8 Å². The zero-order chi connectivity index (χ0) is 15.1. The van der Waals surface area contributed by atoms with Crippen LogP contribution in [0, 0.1) is 0 Å². The Morgan fingerprint density at radius 1 is 1.43 bits per heavy atom. The highest BCUT2D eigenvalue weighted by Crippen LogP contribution is 2.21. The highest BCUT2D eigenvalue weighted by atomic mass is 32.2. The van der Waals surface area contributed by atoms with Gasteiger partial charge in [-0.2, -0.15) is 5.10 Å². The number of sulfonamides is 1. The molecule has 0 saturated heterocycles. The fraction of sp³-hybridized carbons (Fsp3) is 0.462. The average Bonchev–Trinajstić information content (AvgIpc) is 3.12. The van der Waals surface area contributed by atoms with Gasteiger partial charge in [0.05, 0.1) is 4.90 Å². The zero-order valence-corrected chi connectivity index (χ0v) is 13.6. The van der Waals surface area contributed by atoms with Gasteiger partial charge in [-0.25, -0.2) is 13.1 Å². The van der Waals surface area contributed by atoms with Gasteiger partial charge in [-0.1, -0.05) is 6.92 Å². The van der Waals surface area contributed by atoms with Crippen LogP contribution in [0.25, 0.3) is 0 Å². The van der Waals surface area contributed by atoms with Crippen molar-refractivity contribution in [2.45, 2.75) is 31.3 Å². The first kappa shape index (κ1) is 16.2. The molecule has 2 aromatic heterocycles. The third kappa shape index (κ3) is 4.63. The fourth-order valence-electron chi connectivity index (χ4n) is 1.89. The lowest BCUT2D eigenvalue weighted by Crippen LogP contribution is -2.26. The van der Waals surface area contributed by atoms with Crippen molar-refractivity contribution in [3.63, 3.8) is 0 Å². The van der Waals surface area contributed by atoms with Crippen molar-refractivity contribution in [1.82, 2.24) is 19.8 Å². The zero-order valence-electron chi connectivity index (χ0n) is 11.9. The van der Waals surface area contributed by atoms with Crippen molar-refractivity contribution in [2.75, 3.05) is 13.1 Å². The molecule has 0 unspecified atom stereocenters. The summed E-state index contributed by atoms with van der Waals surface area (Å²) in [6.45, 7) is 4.49. The second-order valence-corrected chi connectivity index (χ2v) is 7.24. The summed E-state index contributed by atoms with van der Waals surface area (Å²) in [6.07, 6.45) is 4.28. The monoisotopic (exact) mass is 328 g/mol. The summed E-state index contributed by atoms with van der Waals surface area (Å²) < 4.78 is 29.0. The Morgan fingerprint density at radius 3 is 3.00 bits per heavy atom. The van der Waals surface area contributed by atoms with Crippen molar-refractivity contribution < 1.29 is 8.42 Å². The summed E-state index contributed by atoms with van der Waals surface area (Å²) in [5.41, 5.74) is 0. The first-order valence-corrected chi connectivity index (χ1v) is 9.24. The molecule has 0 bridgehead atoms. The summed E-state index contributed by atoms with van der Waals surface area (Å²) in [7, 11) is -3.43. The molecule has 2 rings (SSSR count). The van der Waals surface area contributed by atoms with Crippen molar-refractivity contribution >= 4 is 21.4 Å². The van der Waals surface area contributed by atoms with Crippen LogP contribution in [0.3, 0.4) is 0 Å². The fourth-order valence-corrected chi connectivity index (χ4v) is 4.38. The number of hydrogen-bond donors (Lipinski definition) is 2. The number of hydrogen-bond acceptors (Lipinski definition) is 5. The molecule has 0 aromatic carbocycles. The van der Waals surface area contributed by atoms with E-state index in [1.54, 1.807) is 16.9 Å². The van der Waals surface area contributed by atoms with E-state index < -0.39 is 10.0 Å². The van der Waals surface area contributed by atoms with Gasteiger partial charge >= 0.3 is 0 Å². The van der Waals surface area contributed by atoms with E-state index in [9.17, 15) is 8.42 Å². The molecule has 0 aliphatic rings. The number of thiophene rings is 1.